The second-order valence-electron chi connectivity index (χ2n) is 4.81. The third-order valence-corrected chi connectivity index (χ3v) is 3.77. The quantitative estimate of drug-likeness (QED) is 0.781. The topological polar surface area (TPSA) is 26.3 Å². The van der Waals surface area contributed by atoms with Crippen molar-refractivity contribution in [1.29, 1.82) is 0 Å². The highest BCUT2D eigenvalue weighted by Gasteiger charge is 2.21. The van der Waals surface area contributed by atoms with Crippen LogP contribution in [0.3, 0.4) is 0 Å². The number of halogens is 1. The summed E-state index contributed by atoms with van der Waals surface area (Å²) in [4.78, 5) is 11.0. The summed E-state index contributed by atoms with van der Waals surface area (Å²) in [6.07, 6.45) is 5.82. The Morgan fingerprint density at radius 3 is 2.94 bits per heavy atom. The van der Waals surface area contributed by atoms with Crippen LogP contribution >= 0.6 is 15.9 Å². The van der Waals surface area contributed by atoms with Gasteiger partial charge in [0.1, 0.15) is 5.75 Å². The first kappa shape index (κ1) is 12.6. The molecule has 0 N–H and O–H groups in total. The average molecular weight is 297 g/mol. The third kappa shape index (κ3) is 3.32. The smallest absolute Gasteiger partial charge is 0.153 e. The molecule has 0 bridgehead atoms. The first-order valence-corrected chi connectivity index (χ1v) is 6.89. The second-order valence-corrected chi connectivity index (χ2v) is 5.73. The molecule has 0 aliphatic heterocycles. The van der Waals surface area contributed by atoms with Crippen molar-refractivity contribution in [3.63, 3.8) is 0 Å². The molecule has 1 aromatic carbocycles. The van der Waals surface area contributed by atoms with Gasteiger partial charge in [-0.15, -0.1) is 0 Å². The van der Waals surface area contributed by atoms with Crippen LogP contribution in [-0.4, -0.2) is 12.4 Å². The maximum Gasteiger partial charge on any atom is 0.153 e. The summed E-state index contributed by atoms with van der Waals surface area (Å²) in [6.45, 7) is 2.26. The Morgan fingerprint density at radius 2 is 2.24 bits per heavy atom. The molecule has 92 valence electrons. The van der Waals surface area contributed by atoms with E-state index in [1.165, 1.54) is 12.8 Å². The van der Waals surface area contributed by atoms with E-state index >= 15 is 0 Å². The van der Waals surface area contributed by atoms with Crippen molar-refractivity contribution in [2.24, 2.45) is 5.92 Å². The van der Waals surface area contributed by atoms with Gasteiger partial charge in [-0.2, -0.15) is 0 Å². The van der Waals surface area contributed by atoms with Crippen LogP contribution in [-0.2, 0) is 0 Å². The largest absolute Gasteiger partial charge is 0.490 e. The zero-order valence-corrected chi connectivity index (χ0v) is 11.6. The fraction of sp³-hybridized carbons (Fsp3) is 0.500. The second kappa shape index (κ2) is 5.67. The van der Waals surface area contributed by atoms with Gasteiger partial charge in [-0.3, -0.25) is 4.79 Å². The first-order valence-electron chi connectivity index (χ1n) is 6.10. The molecular formula is C14H17BrO2. The van der Waals surface area contributed by atoms with E-state index in [-0.39, 0.29) is 6.10 Å². The van der Waals surface area contributed by atoms with Gasteiger partial charge < -0.3 is 4.74 Å². The van der Waals surface area contributed by atoms with E-state index in [1.54, 1.807) is 6.07 Å². The molecule has 0 spiro atoms. The highest BCUT2D eigenvalue weighted by molar-refractivity contribution is 9.10. The molecule has 17 heavy (non-hydrogen) atoms. The van der Waals surface area contributed by atoms with Crippen LogP contribution in [0, 0.1) is 5.92 Å². The number of benzene rings is 1. The molecular weight excluding hydrogens is 280 g/mol. The Labute approximate surface area is 110 Å². The van der Waals surface area contributed by atoms with E-state index in [0.29, 0.717) is 11.3 Å². The van der Waals surface area contributed by atoms with E-state index in [0.717, 1.165) is 29.5 Å². The zero-order chi connectivity index (χ0) is 12.3. The van der Waals surface area contributed by atoms with Crippen molar-refractivity contribution in [3.05, 3.63) is 28.2 Å². The van der Waals surface area contributed by atoms with E-state index in [1.807, 2.05) is 12.1 Å². The molecule has 0 heterocycles. The van der Waals surface area contributed by atoms with Crippen LogP contribution in [0.2, 0.25) is 0 Å². The number of aldehydes is 1. The van der Waals surface area contributed by atoms with Crippen LogP contribution in [0.4, 0.5) is 0 Å². The van der Waals surface area contributed by atoms with Crippen molar-refractivity contribution in [1.82, 2.24) is 0 Å². The molecule has 1 aromatic rings. The molecule has 1 aliphatic carbocycles. The normalized spacial score (nSPS) is 24.4. The Hall–Kier alpha value is -0.830. The van der Waals surface area contributed by atoms with Gasteiger partial charge in [0.2, 0.25) is 0 Å². The number of hydrogen-bond acceptors (Lipinski definition) is 2. The zero-order valence-electron chi connectivity index (χ0n) is 9.99. The molecule has 0 saturated heterocycles. The molecule has 2 nitrogen and oxygen atoms in total. The van der Waals surface area contributed by atoms with E-state index < -0.39 is 0 Å². The molecule has 1 fully saturated rings. The molecule has 1 saturated carbocycles. The van der Waals surface area contributed by atoms with Crippen LogP contribution < -0.4 is 4.74 Å². The minimum atomic E-state index is 0.263. The molecule has 2 atom stereocenters. The summed E-state index contributed by atoms with van der Waals surface area (Å²) in [7, 11) is 0. The van der Waals surface area contributed by atoms with Crippen molar-refractivity contribution in [3.8, 4) is 5.75 Å². The van der Waals surface area contributed by atoms with Gasteiger partial charge in [0.25, 0.3) is 0 Å². The Bertz CT molecular complexity index is 403. The lowest BCUT2D eigenvalue weighted by Crippen LogP contribution is -2.24. The molecule has 1 aliphatic rings. The van der Waals surface area contributed by atoms with Crippen LogP contribution in [0.25, 0.3) is 0 Å². The van der Waals surface area contributed by atoms with Gasteiger partial charge in [-0.25, -0.2) is 0 Å². The standard InChI is InChI=1S/C14H17BrO2/c1-10-3-2-4-13(7-10)17-14-6-5-12(15)8-11(14)9-16/h5-6,8-10,13H,2-4,7H2,1H3. The van der Waals surface area contributed by atoms with E-state index in [4.69, 9.17) is 4.74 Å². The predicted octanol–water partition coefficient (Wildman–Crippen LogP) is 4.22. The third-order valence-electron chi connectivity index (χ3n) is 3.28. The maximum absolute atomic E-state index is 11.0. The Morgan fingerprint density at radius 1 is 1.41 bits per heavy atom. The number of ether oxygens (including phenoxy) is 1. The summed E-state index contributed by atoms with van der Waals surface area (Å²) in [5.41, 5.74) is 0.623. The molecule has 0 amide bonds. The number of rotatable bonds is 3. The summed E-state index contributed by atoms with van der Waals surface area (Å²) >= 11 is 3.36. The minimum absolute atomic E-state index is 0.263. The fourth-order valence-corrected chi connectivity index (χ4v) is 2.76. The molecule has 2 unspecified atom stereocenters. The summed E-state index contributed by atoms with van der Waals surface area (Å²) in [6, 6.07) is 5.58. The van der Waals surface area contributed by atoms with Gasteiger partial charge in [0.05, 0.1) is 11.7 Å². The van der Waals surface area contributed by atoms with E-state index in [9.17, 15) is 4.79 Å². The Balaban J connectivity index is 2.09. The Kier molecular flexibility index (Phi) is 4.21. The van der Waals surface area contributed by atoms with Crippen LogP contribution in [0.5, 0.6) is 5.75 Å². The van der Waals surface area contributed by atoms with Crippen molar-refractivity contribution in [2.75, 3.05) is 0 Å². The predicted molar refractivity (Wildman–Crippen MR) is 71.6 cm³/mol. The highest BCUT2D eigenvalue weighted by atomic mass is 79.9. The monoisotopic (exact) mass is 296 g/mol. The van der Waals surface area contributed by atoms with Crippen LogP contribution in [0.1, 0.15) is 43.0 Å². The molecule has 3 heteroatoms. The fourth-order valence-electron chi connectivity index (χ4n) is 2.38. The first-order chi connectivity index (χ1) is 8.19. The van der Waals surface area contributed by atoms with Gasteiger partial charge in [-0.05, 0) is 43.4 Å². The highest BCUT2D eigenvalue weighted by Crippen LogP contribution is 2.29. The van der Waals surface area contributed by atoms with Gasteiger partial charge in [-0.1, -0.05) is 29.3 Å². The lowest BCUT2D eigenvalue weighted by Gasteiger charge is -2.27. The summed E-state index contributed by atoms with van der Waals surface area (Å²) in [5, 5.41) is 0. The van der Waals surface area contributed by atoms with Crippen molar-refractivity contribution < 1.29 is 9.53 Å². The average Bonchev–Trinajstić information content (AvgIpc) is 2.31. The molecule has 2 rings (SSSR count). The summed E-state index contributed by atoms with van der Waals surface area (Å²) < 4.78 is 6.86. The lowest BCUT2D eigenvalue weighted by molar-refractivity contribution is 0.109. The number of carbonyl (C=O) groups excluding carboxylic acids is 1. The number of carbonyl (C=O) groups is 1. The van der Waals surface area contributed by atoms with Gasteiger partial charge in [0.15, 0.2) is 6.29 Å². The van der Waals surface area contributed by atoms with Crippen molar-refractivity contribution in [2.45, 2.75) is 38.7 Å². The maximum atomic E-state index is 11.0. The molecule has 0 radical (unpaired) electrons. The summed E-state index contributed by atoms with van der Waals surface area (Å²) in [5.74, 6) is 1.44. The van der Waals surface area contributed by atoms with Crippen molar-refractivity contribution >= 4 is 22.2 Å². The van der Waals surface area contributed by atoms with Gasteiger partial charge in [0, 0.05) is 4.47 Å². The SMILES string of the molecule is CC1CCCC(Oc2ccc(Br)cc2C=O)C1. The minimum Gasteiger partial charge on any atom is -0.490 e. The van der Waals surface area contributed by atoms with Crippen LogP contribution in [0.15, 0.2) is 22.7 Å². The number of hydrogen-bond donors (Lipinski definition) is 0. The molecule has 0 aromatic heterocycles. The van der Waals surface area contributed by atoms with E-state index in [2.05, 4.69) is 22.9 Å². The van der Waals surface area contributed by atoms with Gasteiger partial charge >= 0.3 is 0 Å². The lowest BCUT2D eigenvalue weighted by atomic mass is 9.88.